The van der Waals surface area contributed by atoms with Crippen LogP contribution in [-0.4, -0.2) is 28.5 Å². The highest BCUT2D eigenvalue weighted by atomic mass is 19.4. The van der Waals surface area contributed by atoms with Crippen LogP contribution in [0.5, 0.6) is 0 Å². The van der Waals surface area contributed by atoms with Gasteiger partial charge in [-0.3, -0.25) is 14.6 Å². The van der Waals surface area contributed by atoms with Gasteiger partial charge in [0.1, 0.15) is 11.9 Å². The fourth-order valence-corrected chi connectivity index (χ4v) is 12.6. The highest BCUT2D eigenvalue weighted by Gasteiger charge is 2.84. The molecule has 7 rings (SSSR count). The standard InChI is InChI=1S/C37H47F4NO3/c1-30(2)12-14-35-15-13-34(7)33(6)11-10-23-31(3,4)28(43)22(16-21-8-9-27(42-20-21)37(39,40)41)18-32(23,5)24(33)17-26(38)36(34,25(35)19-30)45-29(35)44/h8-9,16,20,23-26H,10-15,17-19H2,1-7H3/b22-16+/t23-,24+,25+,26+,32-,33+,34-,35-,36+/m0/s1. The van der Waals surface area contributed by atoms with E-state index in [0.29, 0.717) is 17.6 Å². The van der Waals surface area contributed by atoms with Crippen LogP contribution in [-0.2, 0) is 20.5 Å². The monoisotopic (exact) mass is 629 g/mol. The van der Waals surface area contributed by atoms with Gasteiger partial charge < -0.3 is 4.74 Å². The zero-order chi connectivity index (χ0) is 32.8. The molecule has 45 heavy (non-hydrogen) atoms. The lowest BCUT2D eigenvalue weighted by Crippen LogP contribution is -2.75. The van der Waals surface area contributed by atoms with Crippen molar-refractivity contribution in [2.45, 2.75) is 124 Å². The van der Waals surface area contributed by atoms with E-state index in [1.165, 1.54) is 12.3 Å². The minimum absolute atomic E-state index is 0.000348. The molecule has 2 heterocycles. The van der Waals surface area contributed by atoms with Crippen LogP contribution in [0.15, 0.2) is 23.9 Å². The Balaban J connectivity index is 1.31. The molecule has 0 amide bonds. The highest BCUT2D eigenvalue weighted by Crippen LogP contribution is 2.81. The van der Waals surface area contributed by atoms with Crippen LogP contribution in [0.4, 0.5) is 17.6 Å². The molecule has 8 heteroatoms. The number of pyridine rings is 1. The minimum Gasteiger partial charge on any atom is -0.455 e. The molecule has 5 saturated carbocycles. The first-order valence-corrected chi connectivity index (χ1v) is 16.8. The van der Waals surface area contributed by atoms with Crippen LogP contribution < -0.4 is 0 Å². The molecule has 0 N–H and O–H groups in total. The minimum atomic E-state index is -4.54. The Bertz CT molecular complexity index is 1500. The number of fused-ring (bicyclic) bond motifs is 4. The molecule has 1 spiro atoms. The van der Waals surface area contributed by atoms with E-state index in [-0.39, 0.29) is 46.8 Å². The average Bonchev–Trinajstić information content (AvgIpc) is 3.13. The zero-order valence-corrected chi connectivity index (χ0v) is 27.7. The SMILES string of the molecule is CC1(C)CC[C@@]23CC[C@]4(C)[C@](OC2=O)([C@H](F)C[C@@H]2[C@@]5(C)C/C(=C\c6ccc(C(F)(F)F)nc6)C(=O)C(C)(C)[C@@H]5CC[C@]24C)[C@@H]3C1. The summed E-state index contributed by atoms with van der Waals surface area (Å²) in [4.78, 5) is 31.5. The second-order valence-electron chi connectivity index (χ2n) is 17.7. The third-order valence-electron chi connectivity index (χ3n) is 15.0. The summed E-state index contributed by atoms with van der Waals surface area (Å²) in [6.45, 7) is 15.2. The summed E-state index contributed by atoms with van der Waals surface area (Å²) >= 11 is 0. The molecule has 1 aromatic heterocycles. The van der Waals surface area contributed by atoms with Crippen molar-refractivity contribution in [1.82, 2.24) is 4.98 Å². The number of alkyl halides is 4. The first kappa shape index (κ1) is 31.4. The third-order valence-corrected chi connectivity index (χ3v) is 15.0. The Hall–Kier alpha value is -2.25. The fourth-order valence-electron chi connectivity index (χ4n) is 12.6. The van der Waals surface area contributed by atoms with Crippen molar-refractivity contribution in [3.63, 3.8) is 0 Å². The number of allylic oxidation sites excluding steroid dienone is 1. The van der Waals surface area contributed by atoms with Crippen molar-refractivity contribution >= 4 is 17.8 Å². The van der Waals surface area contributed by atoms with E-state index in [4.69, 9.17) is 4.74 Å². The molecule has 246 valence electrons. The number of hydrogen-bond donors (Lipinski definition) is 0. The molecule has 2 bridgehead atoms. The summed E-state index contributed by atoms with van der Waals surface area (Å²) in [6, 6.07) is 2.31. The lowest BCUT2D eigenvalue weighted by Gasteiger charge is -2.74. The summed E-state index contributed by atoms with van der Waals surface area (Å²) in [5, 5.41) is 0. The van der Waals surface area contributed by atoms with Gasteiger partial charge in [0, 0.05) is 22.9 Å². The maximum Gasteiger partial charge on any atom is 0.433 e. The molecule has 9 atom stereocenters. The van der Waals surface area contributed by atoms with Gasteiger partial charge in [-0.1, -0.05) is 54.5 Å². The second-order valence-corrected chi connectivity index (χ2v) is 17.7. The summed E-state index contributed by atoms with van der Waals surface area (Å²) in [5.74, 6) is -0.383. The summed E-state index contributed by atoms with van der Waals surface area (Å²) < 4.78 is 63.5. The summed E-state index contributed by atoms with van der Waals surface area (Å²) in [7, 11) is 0. The number of nitrogens with zero attached hydrogens (tertiary/aromatic N) is 1. The number of hydrogen-bond acceptors (Lipinski definition) is 4. The van der Waals surface area contributed by atoms with Crippen molar-refractivity contribution in [1.29, 1.82) is 0 Å². The van der Waals surface area contributed by atoms with Crippen molar-refractivity contribution in [3.8, 4) is 0 Å². The predicted molar refractivity (Wildman–Crippen MR) is 162 cm³/mol. The van der Waals surface area contributed by atoms with Crippen molar-refractivity contribution < 1.29 is 31.9 Å². The Morgan fingerprint density at radius 2 is 1.60 bits per heavy atom. The number of esters is 1. The third kappa shape index (κ3) is 3.74. The Morgan fingerprint density at radius 3 is 2.24 bits per heavy atom. The van der Waals surface area contributed by atoms with Crippen LogP contribution in [0, 0.1) is 50.2 Å². The molecule has 6 aliphatic rings. The quantitative estimate of drug-likeness (QED) is 0.177. The van der Waals surface area contributed by atoms with Crippen LogP contribution in [0.3, 0.4) is 0 Å². The van der Waals surface area contributed by atoms with E-state index < -0.39 is 45.3 Å². The summed E-state index contributed by atoms with van der Waals surface area (Å²) in [5.41, 5.74) is -3.77. The molecule has 1 aromatic rings. The van der Waals surface area contributed by atoms with Gasteiger partial charge in [0.2, 0.25) is 0 Å². The van der Waals surface area contributed by atoms with E-state index in [1.54, 1.807) is 6.08 Å². The molecule has 1 aliphatic heterocycles. The van der Waals surface area contributed by atoms with Gasteiger partial charge in [0.15, 0.2) is 11.4 Å². The molecule has 1 saturated heterocycles. The number of ether oxygens (including phenoxy) is 1. The van der Waals surface area contributed by atoms with Gasteiger partial charge in [-0.15, -0.1) is 0 Å². The van der Waals surface area contributed by atoms with Gasteiger partial charge >= 0.3 is 12.1 Å². The summed E-state index contributed by atoms with van der Waals surface area (Å²) in [6.07, 6.45) is 3.33. The molecule has 5 aliphatic carbocycles. The van der Waals surface area contributed by atoms with Crippen LogP contribution >= 0.6 is 0 Å². The highest BCUT2D eigenvalue weighted by molar-refractivity contribution is 6.04. The maximum absolute atomic E-state index is 17.5. The number of carbonyl (C=O) groups excluding carboxylic acids is 2. The number of rotatable bonds is 1. The number of Topliss-reactive ketones (excluding diaryl/α,β-unsaturated/α-hetero) is 1. The number of ketones is 1. The van der Waals surface area contributed by atoms with Crippen LogP contribution in [0.2, 0.25) is 0 Å². The maximum atomic E-state index is 17.5. The largest absolute Gasteiger partial charge is 0.455 e. The van der Waals surface area contributed by atoms with E-state index in [2.05, 4.69) is 39.6 Å². The van der Waals surface area contributed by atoms with Crippen molar-refractivity contribution in [2.24, 2.45) is 50.2 Å². The molecular weight excluding hydrogens is 582 g/mol. The predicted octanol–water partition coefficient (Wildman–Crippen LogP) is 9.17. The Morgan fingerprint density at radius 1 is 0.911 bits per heavy atom. The first-order chi connectivity index (χ1) is 20.7. The smallest absolute Gasteiger partial charge is 0.433 e. The lowest BCUT2D eigenvalue weighted by atomic mass is 9.30. The van der Waals surface area contributed by atoms with Crippen molar-refractivity contribution in [2.75, 3.05) is 0 Å². The average molecular weight is 630 g/mol. The Labute approximate surface area is 264 Å². The zero-order valence-electron chi connectivity index (χ0n) is 27.7. The van der Waals surface area contributed by atoms with Gasteiger partial charge in [-0.2, -0.15) is 13.2 Å². The molecular formula is C37H47F4NO3. The molecule has 4 nitrogen and oxygen atoms in total. The van der Waals surface area contributed by atoms with Gasteiger partial charge in [-0.05, 0) is 109 Å². The van der Waals surface area contributed by atoms with E-state index in [9.17, 15) is 22.8 Å². The molecule has 0 unspecified atom stereocenters. The fraction of sp³-hybridized carbons (Fsp3) is 0.757. The van der Waals surface area contributed by atoms with Crippen LogP contribution in [0.1, 0.15) is 118 Å². The van der Waals surface area contributed by atoms with E-state index in [0.717, 1.165) is 51.0 Å². The van der Waals surface area contributed by atoms with Gasteiger partial charge in [-0.25, -0.2) is 4.39 Å². The topological polar surface area (TPSA) is 56.3 Å². The molecule has 0 aromatic carbocycles. The van der Waals surface area contributed by atoms with E-state index >= 15 is 4.39 Å². The number of aromatic nitrogens is 1. The molecule has 0 radical (unpaired) electrons. The normalized spacial score (nSPS) is 47.3. The van der Waals surface area contributed by atoms with Gasteiger partial charge in [0.05, 0.1) is 5.41 Å². The Kier molecular flexibility index (Phi) is 6.27. The van der Waals surface area contributed by atoms with Gasteiger partial charge in [0.25, 0.3) is 0 Å². The number of halogens is 4. The second kappa shape index (κ2) is 9.00. The molecule has 6 fully saturated rings. The van der Waals surface area contributed by atoms with E-state index in [1.807, 2.05) is 13.8 Å². The number of carbonyl (C=O) groups is 2. The first-order valence-electron chi connectivity index (χ1n) is 16.8. The van der Waals surface area contributed by atoms with Crippen LogP contribution in [0.25, 0.3) is 6.08 Å². The lowest BCUT2D eigenvalue weighted by molar-refractivity contribution is -0.299. The van der Waals surface area contributed by atoms with Crippen molar-refractivity contribution in [3.05, 3.63) is 35.2 Å².